The summed E-state index contributed by atoms with van der Waals surface area (Å²) in [4.78, 5) is 28.0. The van der Waals surface area contributed by atoms with E-state index < -0.39 is 6.04 Å². The molecule has 34 heavy (non-hydrogen) atoms. The van der Waals surface area contributed by atoms with Gasteiger partial charge in [0.05, 0.1) is 13.2 Å². The van der Waals surface area contributed by atoms with Crippen LogP contribution in [0.25, 0.3) is 0 Å². The molecular formula is C27H37ClN2O4. The predicted molar refractivity (Wildman–Crippen MR) is 136 cm³/mol. The summed E-state index contributed by atoms with van der Waals surface area (Å²) in [5, 5.41) is 3.58. The van der Waals surface area contributed by atoms with Crippen LogP contribution in [-0.2, 0) is 22.6 Å². The summed E-state index contributed by atoms with van der Waals surface area (Å²) in [5.41, 5.74) is 1.90. The fourth-order valence-electron chi connectivity index (χ4n) is 3.73. The van der Waals surface area contributed by atoms with Crippen molar-refractivity contribution in [1.29, 1.82) is 0 Å². The number of amides is 2. The van der Waals surface area contributed by atoms with Gasteiger partial charge >= 0.3 is 0 Å². The van der Waals surface area contributed by atoms with Crippen molar-refractivity contribution in [1.82, 2.24) is 10.2 Å². The van der Waals surface area contributed by atoms with Crippen LogP contribution in [0.4, 0.5) is 0 Å². The van der Waals surface area contributed by atoms with Crippen molar-refractivity contribution in [3.8, 4) is 11.5 Å². The van der Waals surface area contributed by atoms with Crippen molar-refractivity contribution < 1.29 is 19.1 Å². The molecule has 0 aliphatic carbocycles. The summed E-state index contributed by atoms with van der Waals surface area (Å²) in [7, 11) is 0. The van der Waals surface area contributed by atoms with Crippen LogP contribution in [0.3, 0.4) is 0 Å². The molecular weight excluding hydrogens is 452 g/mol. The fraction of sp³-hybridized carbons (Fsp3) is 0.481. The molecule has 0 unspecified atom stereocenters. The first kappa shape index (κ1) is 27.5. The minimum absolute atomic E-state index is 0.00475. The lowest BCUT2D eigenvalue weighted by molar-refractivity contribution is -0.141. The van der Waals surface area contributed by atoms with Crippen LogP contribution in [0.5, 0.6) is 11.5 Å². The van der Waals surface area contributed by atoms with E-state index in [0.717, 1.165) is 11.1 Å². The number of ether oxygens (including phenoxy) is 2. The molecule has 2 amide bonds. The van der Waals surface area contributed by atoms with Gasteiger partial charge in [0.1, 0.15) is 6.04 Å². The molecule has 0 aromatic heterocycles. The minimum atomic E-state index is -0.551. The highest BCUT2D eigenvalue weighted by molar-refractivity contribution is 6.30. The molecule has 0 radical (unpaired) electrons. The van der Waals surface area contributed by atoms with Gasteiger partial charge in [0.25, 0.3) is 0 Å². The van der Waals surface area contributed by atoms with Gasteiger partial charge in [-0.25, -0.2) is 0 Å². The van der Waals surface area contributed by atoms with E-state index in [9.17, 15) is 9.59 Å². The fourth-order valence-corrected chi connectivity index (χ4v) is 3.86. The number of benzene rings is 2. The number of carbonyl (C=O) groups excluding carboxylic acids is 2. The molecule has 0 saturated heterocycles. The SMILES string of the molecule is CCOc1ccc(CCC(=O)N(Cc2ccc(Cl)cc2)[C@H](CC)C(=O)NC(C)C)cc1OCC. The van der Waals surface area contributed by atoms with E-state index in [1.54, 1.807) is 17.0 Å². The zero-order valence-corrected chi connectivity index (χ0v) is 21.7. The molecule has 0 aliphatic rings. The van der Waals surface area contributed by atoms with Crippen molar-refractivity contribution in [3.05, 3.63) is 58.6 Å². The number of nitrogens with zero attached hydrogens (tertiary/aromatic N) is 1. The van der Waals surface area contributed by atoms with Gasteiger partial charge in [-0.05, 0) is 75.9 Å². The van der Waals surface area contributed by atoms with Crippen molar-refractivity contribution in [3.63, 3.8) is 0 Å². The minimum Gasteiger partial charge on any atom is -0.490 e. The molecule has 2 rings (SSSR count). The van der Waals surface area contributed by atoms with Crippen LogP contribution in [0, 0.1) is 0 Å². The van der Waals surface area contributed by atoms with Crippen LogP contribution in [-0.4, -0.2) is 42.0 Å². The summed E-state index contributed by atoms with van der Waals surface area (Å²) < 4.78 is 11.3. The standard InChI is InChI=1S/C27H37ClN2O4/c1-6-23(27(32)29-19(4)5)30(18-21-9-13-22(28)14-10-21)26(31)16-12-20-11-15-24(33-7-2)25(17-20)34-8-3/h9-11,13-15,17,19,23H,6-8,12,16,18H2,1-5H3,(H,29,32)/t23-/m1/s1. The first-order valence-electron chi connectivity index (χ1n) is 12.0. The number of hydrogen-bond acceptors (Lipinski definition) is 4. The number of carbonyl (C=O) groups is 2. The molecule has 6 nitrogen and oxygen atoms in total. The Balaban J connectivity index is 2.22. The Hall–Kier alpha value is -2.73. The number of hydrogen-bond donors (Lipinski definition) is 1. The zero-order chi connectivity index (χ0) is 25.1. The summed E-state index contributed by atoms with van der Waals surface area (Å²) >= 11 is 6.03. The lowest BCUT2D eigenvalue weighted by atomic mass is 10.1. The van der Waals surface area contributed by atoms with Gasteiger partial charge in [0.15, 0.2) is 11.5 Å². The third kappa shape index (κ3) is 8.24. The Morgan fingerprint density at radius 2 is 1.56 bits per heavy atom. The van der Waals surface area contributed by atoms with Crippen molar-refractivity contribution in [2.75, 3.05) is 13.2 Å². The van der Waals surface area contributed by atoms with Gasteiger partial charge in [-0.1, -0.05) is 36.7 Å². The van der Waals surface area contributed by atoms with Gasteiger partial charge < -0.3 is 19.7 Å². The number of nitrogens with one attached hydrogen (secondary N) is 1. The molecule has 0 bridgehead atoms. The van der Waals surface area contributed by atoms with E-state index in [1.165, 1.54) is 0 Å². The van der Waals surface area contributed by atoms with Crippen molar-refractivity contribution in [2.45, 2.75) is 72.5 Å². The first-order chi connectivity index (χ1) is 16.3. The number of rotatable bonds is 13. The molecule has 0 heterocycles. The van der Waals surface area contributed by atoms with Crippen LogP contribution in [0.15, 0.2) is 42.5 Å². The van der Waals surface area contributed by atoms with E-state index >= 15 is 0 Å². The third-order valence-electron chi connectivity index (χ3n) is 5.32. The highest BCUT2D eigenvalue weighted by Crippen LogP contribution is 2.29. The van der Waals surface area contributed by atoms with Gasteiger partial charge in [-0.15, -0.1) is 0 Å². The Labute approximate surface area is 208 Å². The van der Waals surface area contributed by atoms with Gasteiger partial charge in [0.2, 0.25) is 11.8 Å². The maximum absolute atomic E-state index is 13.4. The van der Waals surface area contributed by atoms with Crippen LogP contribution < -0.4 is 14.8 Å². The molecule has 186 valence electrons. The molecule has 2 aromatic carbocycles. The lowest BCUT2D eigenvalue weighted by Crippen LogP contribution is -2.50. The molecule has 2 aromatic rings. The average Bonchev–Trinajstić information content (AvgIpc) is 2.80. The molecule has 7 heteroatoms. The summed E-state index contributed by atoms with van der Waals surface area (Å²) in [5.74, 6) is 1.15. The monoisotopic (exact) mass is 488 g/mol. The second-order valence-electron chi connectivity index (χ2n) is 8.38. The van der Waals surface area contributed by atoms with Crippen molar-refractivity contribution in [2.24, 2.45) is 0 Å². The topological polar surface area (TPSA) is 67.9 Å². The van der Waals surface area contributed by atoms with Gasteiger partial charge in [-0.3, -0.25) is 9.59 Å². The van der Waals surface area contributed by atoms with E-state index in [0.29, 0.717) is 49.1 Å². The molecule has 0 spiro atoms. The largest absolute Gasteiger partial charge is 0.490 e. The average molecular weight is 489 g/mol. The predicted octanol–water partition coefficient (Wildman–Crippen LogP) is 5.40. The van der Waals surface area contributed by atoms with Crippen LogP contribution in [0.2, 0.25) is 5.02 Å². The van der Waals surface area contributed by atoms with Crippen LogP contribution in [0.1, 0.15) is 58.6 Å². The number of aryl methyl sites for hydroxylation is 1. The highest BCUT2D eigenvalue weighted by Gasteiger charge is 2.28. The summed E-state index contributed by atoms with van der Waals surface area (Å²) in [6.45, 7) is 11.0. The normalized spacial score (nSPS) is 11.7. The summed E-state index contributed by atoms with van der Waals surface area (Å²) in [6.07, 6.45) is 1.33. The molecule has 1 N–H and O–H groups in total. The second-order valence-corrected chi connectivity index (χ2v) is 8.82. The molecule has 1 atom stereocenters. The van der Waals surface area contributed by atoms with Gasteiger partial charge in [-0.2, -0.15) is 0 Å². The Kier molecular flexibility index (Phi) is 11.2. The number of halogens is 1. The first-order valence-corrected chi connectivity index (χ1v) is 12.4. The lowest BCUT2D eigenvalue weighted by Gasteiger charge is -2.31. The second kappa shape index (κ2) is 13.9. The van der Waals surface area contributed by atoms with Crippen LogP contribution >= 0.6 is 11.6 Å². The smallest absolute Gasteiger partial charge is 0.243 e. The quantitative estimate of drug-likeness (QED) is 0.409. The molecule has 0 saturated carbocycles. The maximum Gasteiger partial charge on any atom is 0.243 e. The summed E-state index contributed by atoms with van der Waals surface area (Å²) in [6, 6.07) is 12.6. The Morgan fingerprint density at radius 3 is 2.15 bits per heavy atom. The Morgan fingerprint density at radius 1 is 0.941 bits per heavy atom. The third-order valence-corrected chi connectivity index (χ3v) is 5.57. The molecule has 0 fully saturated rings. The Bertz CT molecular complexity index is 931. The van der Waals surface area contributed by atoms with Gasteiger partial charge in [0, 0.05) is 24.0 Å². The van der Waals surface area contributed by atoms with E-state index in [4.69, 9.17) is 21.1 Å². The maximum atomic E-state index is 13.4. The molecule has 0 aliphatic heterocycles. The van der Waals surface area contributed by atoms with E-state index in [-0.39, 0.29) is 24.3 Å². The highest BCUT2D eigenvalue weighted by atomic mass is 35.5. The zero-order valence-electron chi connectivity index (χ0n) is 20.9. The van der Waals surface area contributed by atoms with E-state index in [1.807, 2.05) is 65.0 Å². The van der Waals surface area contributed by atoms with E-state index in [2.05, 4.69) is 5.32 Å². The van der Waals surface area contributed by atoms with Crippen molar-refractivity contribution >= 4 is 23.4 Å².